The fourth-order valence-electron chi connectivity index (χ4n) is 1.61. The van der Waals surface area contributed by atoms with Gasteiger partial charge in [-0.05, 0) is 25.8 Å². The zero-order chi connectivity index (χ0) is 13.4. The Kier molecular flexibility index (Phi) is 6.67. The van der Waals surface area contributed by atoms with Crippen molar-refractivity contribution in [3.8, 4) is 0 Å². The van der Waals surface area contributed by atoms with Crippen molar-refractivity contribution in [1.82, 2.24) is 15.5 Å². The highest BCUT2D eigenvalue weighted by Crippen LogP contribution is 2.18. The van der Waals surface area contributed by atoms with Crippen LogP contribution in [0.15, 0.2) is 0 Å². The topological polar surface area (TPSA) is 81.7 Å². The maximum Gasteiger partial charge on any atom is 0.321 e. The van der Waals surface area contributed by atoms with Gasteiger partial charge >= 0.3 is 6.03 Å². The summed E-state index contributed by atoms with van der Waals surface area (Å²) in [6, 6.07) is -0.173. The molecule has 0 atom stereocenters. The van der Waals surface area contributed by atoms with Crippen LogP contribution in [0.5, 0.6) is 0 Å². The largest absolute Gasteiger partial charge is 0.395 e. The van der Waals surface area contributed by atoms with Gasteiger partial charge in [0.15, 0.2) is 0 Å². The van der Waals surface area contributed by atoms with Gasteiger partial charge in [-0.3, -0.25) is 15.0 Å². The van der Waals surface area contributed by atoms with Gasteiger partial charge in [0.2, 0.25) is 5.91 Å². The molecule has 0 bridgehead atoms. The van der Waals surface area contributed by atoms with E-state index in [2.05, 4.69) is 17.6 Å². The number of imide groups is 1. The second-order valence-electron chi connectivity index (χ2n) is 4.65. The van der Waals surface area contributed by atoms with Gasteiger partial charge in [0.05, 0.1) is 13.2 Å². The molecular formula is C12H23N3O3. The Labute approximate surface area is 108 Å². The van der Waals surface area contributed by atoms with Crippen molar-refractivity contribution in [3.63, 3.8) is 0 Å². The van der Waals surface area contributed by atoms with Crippen LogP contribution >= 0.6 is 0 Å². The number of nitrogens with one attached hydrogen (secondary N) is 2. The van der Waals surface area contributed by atoms with Gasteiger partial charge in [-0.2, -0.15) is 0 Å². The Morgan fingerprint density at radius 2 is 2.06 bits per heavy atom. The number of hydrogen-bond donors (Lipinski definition) is 3. The van der Waals surface area contributed by atoms with Gasteiger partial charge < -0.3 is 10.4 Å². The first-order chi connectivity index (χ1) is 8.65. The zero-order valence-corrected chi connectivity index (χ0v) is 10.9. The monoisotopic (exact) mass is 257 g/mol. The third-order valence-electron chi connectivity index (χ3n) is 2.78. The summed E-state index contributed by atoms with van der Waals surface area (Å²) in [4.78, 5) is 24.8. The van der Waals surface area contributed by atoms with Crippen LogP contribution < -0.4 is 10.6 Å². The molecule has 0 aromatic carbocycles. The third-order valence-corrected chi connectivity index (χ3v) is 2.78. The lowest BCUT2D eigenvalue weighted by Crippen LogP contribution is -2.45. The molecule has 1 fully saturated rings. The number of hydrogen-bond acceptors (Lipinski definition) is 4. The fourth-order valence-corrected chi connectivity index (χ4v) is 1.61. The molecule has 3 amide bonds. The van der Waals surface area contributed by atoms with Gasteiger partial charge in [-0.1, -0.05) is 13.3 Å². The lowest BCUT2D eigenvalue weighted by Gasteiger charge is -2.20. The molecular weight excluding hydrogens is 234 g/mol. The van der Waals surface area contributed by atoms with E-state index in [-0.39, 0.29) is 25.1 Å². The second-order valence-corrected chi connectivity index (χ2v) is 4.65. The van der Waals surface area contributed by atoms with E-state index in [0.717, 1.165) is 32.2 Å². The molecule has 1 saturated carbocycles. The molecule has 0 heterocycles. The first-order valence-electron chi connectivity index (χ1n) is 6.59. The van der Waals surface area contributed by atoms with E-state index >= 15 is 0 Å². The van der Waals surface area contributed by atoms with Crippen LogP contribution in [-0.4, -0.2) is 54.2 Å². The molecule has 6 heteroatoms. The summed E-state index contributed by atoms with van der Waals surface area (Å²) in [5.74, 6) is -0.322. The normalized spacial score (nSPS) is 14.6. The summed E-state index contributed by atoms with van der Waals surface area (Å²) in [6.07, 6.45) is 4.00. The summed E-state index contributed by atoms with van der Waals surface area (Å²) >= 11 is 0. The predicted octanol–water partition coefficient (Wildman–Crippen LogP) is 0.0690. The molecule has 0 aromatic heterocycles. The number of unbranched alkanes of at least 4 members (excludes halogenated alkanes) is 1. The van der Waals surface area contributed by atoms with Gasteiger partial charge in [0.25, 0.3) is 0 Å². The first kappa shape index (κ1) is 14.9. The highest BCUT2D eigenvalue weighted by Gasteiger charge is 2.24. The van der Waals surface area contributed by atoms with E-state index in [1.165, 1.54) is 0 Å². The summed E-state index contributed by atoms with van der Waals surface area (Å²) < 4.78 is 0. The molecule has 0 radical (unpaired) electrons. The quantitative estimate of drug-likeness (QED) is 0.575. The number of amides is 3. The Hall–Kier alpha value is -1.14. The van der Waals surface area contributed by atoms with Crippen molar-refractivity contribution >= 4 is 11.9 Å². The molecule has 18 heavy (non-hydrogen) atoms. The number of nitrogens with zero attached hydrogens (tertiary/aromatic N) is 1. The number of urea groups is 1. The Morgan fingerprint density at radius 1 is 1.33 bits per heavy atom. The van der Waals surface area contributed by atoms with Gasteiger partial charge in [-0.15, -0.1) is 0 Å². The van der Waals surface area contributed by atoms with Crippen LogP contribution in [0.25, 0.3) is 0 Å². The highest BCUT2D eigenvalue weighted by atomic mass is 16.3. The molecule has 0 aliphatic heterocycles. The van der Waals surface area contributed by atoms with Crippen LogP contribution in [0, 0.1) is 0 Å². The Morgan fingerprint density at radius 3 is 2.61 bits per heavy atom. The number of rotatable bonds is 8. The molecule has 104 valence electrons. The lowest BCUT2D eigenvalue weighted by atomic mass is 10.3. The Balaban J connectivity index is 2.22. The summed E-state index contributed by atoms with van der Waals surface area (Å²) in [5.41, 5.74) is 0. The molecule has 0 aromatic rings. The van der Waals surface area contributed by atoms with Crippen molar-refractivity contribution < 1.29 is 14.7 Å². The summed E-state index contributed by atoms with van der Waals surface area (Å²) in [5, 5.41) is 13.9. The molecule has 3 N–H and O–H groups in total. The van der Waals surface area contributed by atoms with Crippen LogP contribution in [0.2, 0.25) is 0 Å². The van der Waals surface area contributed by atoms with Crippen LogP contribution in [0.1, 0.15) is 32.6 Å². The number of carbonyl (C=O) groups excluding carboxylic acids is 2. The highest BCUT2D eigenvalue weighted by molar-refractivity contribution is 5.95. The predicted molar refractivity (Wildman–Crippen MR) is 68.1 cm³/mol. The van der Waals surface area contributed by atoms with E-state index < -0.39 is 6.03 Å². The number of aliphatic hydroxyl groups excluding tert-OH is 1. The van der Waals surface area contributed by atoms with Gasteiger partial charge in [-0.25, -0.2) is 4.79 Å². The minimum atomic E-state index is -0.415. The molecule has 0 spiro atoms. The summed E-state index contributed by atoms with van der Waals surface area (Å²) in [6.45, 7) is 3.45. The number of carbonyl (C=O) groups is 2. The van der Waals surface area contributed by atoms with E-state index in [9.17, 15) is 9.59 Å². The molecule has 6 nitrogen and oxygen atoms in total. The molecule has 0 unspecified atom stereocenters. The standard InChI is InChI=1S/C12H23N3O3/c1-2-3-6-15(7-8-16)9-11(17)14-12(18)13-10-4-5-10/h10,16H,2-9H2,1H3,(H2,13,14,17,18). The van der Waals surface area contributed by atoms with Crippen LogP contribution in [0.3, 0.4) is 0 Å². The van der Waals surface area contributed by atoms with Crippen molar-refractivity contribution in [2.24, 2.45) is 0 Å². The van der Waals surface area contributed by atoms with Crippen molar-refractivity contribution in [1.29, 1.82) is 0 Å². The van der Waals surface area contributed by atoms with E-state index in [0.29, 0.717) is 6.54 Å². The lowest BCUT2D eigenvalue weighted by molar-refractivity contribution is -0.121. The fraction of sp³-hybridized carbons (Fsp3) is 0.833. The van der Waals surface area contributed by atoms with Crippen LogP contribution in [-0.2, 0) is 4.79 Å². The maximum absolute atomic E-state index is 11.6. The zero-order valence-electron chi connectivity index (χ0n) is 10.9. The number of aliphatic hydroxyl groups is 1. The maximum atomic E-state index is 11.6. The Bertz CT molecular complexity index is 280. The van der Waals surface area contributed by atoms with Crippen molar-refractivity contribution in [2.45, 2.75) is 38.6 Å². The molecule has 0 saturated heterocycles. The SMILES string of the molecule is CCCCN(CCO)CC(=O)NC(=O)NC1CC1. The van der Waals surface area contributed by atoms with Crippen molar-refractivity contribution in [3.05, 3.63) is 0 Å². The molecule has 1 rings (SSSR count). The van der Waals surface area contributed by atoms with E-state index in [1.54, 1.807) is 0 Å². The van der Waals surface area contributed by atoms with Crippen molar-refractivity contribution in [2.75, 3.05) is 26.2 Å². The van der Waals surface area contributed by atoms with Gasteiger partial charge in [0, 0.05) is 12.6 Å². The smallest absolute Gasteiger partial charge is 0.321 e. The third kappa shape index (κ3) is 6.56. The molecule has 1 aliphatic rings. The van der Waals surface area contributed by atoms with E-state index in [4.69, 9.17) is 5.11 Å². The first-order valence-corrected chi connectivity index (χ1v) is 6.59. The van der Waals surface area contributed by atoms with E-state index in [1.807, 2.05) is 4.90 Å². The molecule has 1 aliphatic carbocycles. The average Bonchev–Trinajstić information content (AvgIpc) is 3.09. The van der Waals surface area contributed by atoms with Crippen LogP contribution in [0.4, 0.5) is 4.79 Å². The minimum Gasteiger partial charge on any atom is -0.395 e. The summed E-state index contributed by atoms with van der Waals surface area (Å²) in [7, 11) is 0. The average molecular weight is 257 g/mol. The van der Waals surface area contributed by atoms with Gasteiger partial charge in [0.1, 0.15) is 0 Å². The second kappa shape index (κ2) is 8.05. The minimum absolute atomic E-state index is 0.0191.